The van der Waals surface area contributed by atoms with E-state index < -0.39 is 11.9 Å². The maximum atomic E-state index is 11.6. The van der Waals surface area contributed by atoms with Crippen LogP contribution >= 0.6 is 23.4 Å². The first-order valence-corrected chi connectivity index (χ1v) is 7.99. The molecule has 0 saturated carbocycles. The van der Waals surface area contributed by atoms with Gasteiger partial charge in [0.15, 0.2) is 6.61 Å². The van der Waals surface area contributed by atoms with Crippen LogP contribution in [0.25, 0.3) is 0 Å². The van der Waals surface area contributed by atoms with Gasteiger partial charge in [0.25, 0.3) is 11.1 Å². The van der Waals surface area contributed by atoms with Gasteiger partial charge in [-0.25, -0.2) is 0 Å². The van der Waals surface area contributed by atoms with Gasteiger partial charge in [0.05, 0.1) is 0 Å². The van der Waals surface area contributed by atoms with Gasteiger partial charge in [-0.15, -0.1) is 0 Å². The molecule has 118 valence electrons. The molecule has 0 unspecified atom stereocenters. The van der Waals surface area contributed by atoms with Crippen LogP contribution in [0.5, 0.6) is 0 Å². The number of amides is 2. The summed E-state index contributed by atoms with van der Waals surface area (Å²) >= 11 is 6.93. The van der Waals surface area contributed by atoms with E-state index in [2.05, 4.69) is 5.32 Å². The van der Waals surface area contributed by atoms with E-state index in [0.29, 0.717) is 23.9 Å². The van der Waals surface area contributed by atoms with Crippen molar-refractivity contribution in [1.29, 1.82) is 0 Å². The van der Waals surface area contributed by atoms with Crippen molar-refractivity contribution in [2.75, 3.05) is 25.4 Å². The number of halogens is 1. The van der Waals surface area contributed by atoms with Crippen LogP contribution in [0, 0.1) is 0 Å². The molecule has 0 spiro atoms. The number of thioether (sulfide) groups is 1. The summed E-state index contributed by atoms with van der Waals surface area (Å²) in [5.41, 5.74) is 0.892. The number of esters is 1. The summed E-state index contributed by atoms with van der Waals surface area (Å²) in [5, 5.41) is 3.12. The summed E-state index contributed by atoms with van der Waals surface area (Å²) in [6, 6.07) is 7.05. The topological polar surface area (TPSA) is 75.7 Å². The van der Waals surface area contributed by atoms with Gasteiger partial charge in [-0.05, 0) is 17.7 Å². The molecule has 1 fully saturated rings. The molecule has 0 bridgehead atoms. The lowest BCUT2D eigenvalue weighted by Crippen LogP contribution is -2.34. The number of carbonyl (C=O) groups is 3. The smallest absolute Gasteiger partial charge is 0.326 e. The van der Waals surface area contributed by atoms with Crippen molar-refractivity contribution in [3.63, 3.8) is 0 Å². The average molecular weight is 343 g/mol. The van der Waals surface area contributed by atoms with Crippen molar-refractivity contribution in [2.45, 2.75) is 6.54 Å². The molecular weight excluding hydrogens is 328 g/mol. The third kappa shape index (κ3) is 5.23. The maximum absolute atomic E-state index is 11.6. The van der Waals surface area contributed by atoms with Gasteiger partial charge in [0.2, 0.25) is 0 Å². The highest BCUT2D eigenvalue weighted by atomic mass is 35.5. The van der Waals surface area contributed by atoms with Gasteiger partial charge in [-0.3, -0.25) is 14.4 Å². The molecule has 0 aliphatic carbocycles. The Labute approximate surface area is 137 Å². The molecule has 1 aromatic carbocycles. The number of ether oxygens (including phenoxy) is 1. The summed E-state index contributed by atoms with van der Waals surface area (Å²) in [7, 11) is 0. The predicted octanol–water partition coefficient (Wildman–Crippen LogP) is 1.67. The molecule has 0 atom stereocenters. The standard InChI is InChI=1S/C14H15ClN2O4S/c15-11-3-1-10(2-4-11)7-16-12(18)9-21-13(19)8-17-5-6-22-14(17)20/h1-4H,5-9H2,(H,16,18). The summed E-state index contributed by atoms with van der Waals surface area (Å²) in [4.78, 5) is 35.9. The second kappa shape index (κ2) is 8.05. The minimum Gasteiger partial charge on any atom is -0.454 e. The third-order valence-corrected chi connectivity index (χ3v) is 4.08. The summed E-state index contributed by atoms with van der Waals surface area (Å²) in [6.45, 7) is 0.383. The number of nitrogens with one attached hydrogen (secondary N) is 1. The average Bonchev–Trinajstić information content (AvgIpc) is 2.90. The van der Waals surface area contributed by atoms with Crippen molar-refractivity contribution in [2.24, 2.45) is 0 Å². The number of benzene rings is 1. The van der Waals surface area contributed by atoms with E-state index in [4.69, 9.17) is 16.3 Å². The summed E-state index contributed by atoms with van der Waals surface area (Å²) < 4.78 is 4.85. The van der Waals surface area contributed by atoms with E-state index in [1.54, 1.807) is 24.3 Å². The zero-order valence-electron chi connectivity index (χ0n) is 11.7. The number of hydrogen-bond acceptors (Lipinski definition) is 5. The molecule has 0 aromatic heterocycles. The van der Waals surface area contributed by atoms with Crippen molar-refractivity contribution >= 4 is 40.5 Å². The molecule has 6 nitrogen and oxygen atoms in total. The van der Waals surface area contributed by atoms with Gasteiger partial charge in [-0.2, -0.15) is 0 Å². The molecule has 2 amide bonds. The SMILES string of the molecule is O=C(COC(=O)CN1CCSC1=O)NCc1ccc(Cl)cc1. The Morgan fingerprint density at radius 3 is 2.68 bits per heavy atom. The first-order chi connectivity index (χ1) is 10.5. The molecule has 1 saturated heterocycles. The molecule has 1 aliphatic heterocycles. The highest BCUT2D eigenvalue weighted by Gasteiger charge is 2.24. The lowest BCUT2D eigenvalue weighted by atomic mass is 10.2. The Morgan fingerprint density at radius 2 is 2.05 bits per heavy atom. The lowest BCUT2D eigenvalue weighted by Gasteiger charge is -2.13. The monoisotopic (exact) mass is 342 g/mol. The van der Waals surface area contributed by atoms with Crippen LogP contribution in [0.1, 0.15) is 5.56 Å². The Hall–Kier alpha value is -1.73. The lowest BCUT2D eigenvalue weighted by molar-refractivity contribution is -0.148. The molecular formula is C14H15ClN2O4S. The van der Waals surface area contributed by atoms with Crippen molar-refractivity contribution in [3.8, 4) is 0 Å². The van der Waals surface area contributed by atoms with E-state index in [1.165, 1.54) is 16.7 Å². The van der Waals surface area contributed by atoms with Gasteiger partial charge < -0.3 is 15.0 Å². The maximum Gasteiger partial charge on any atom is 0.326 e. The zero-order valence-corrected chi connectivity index (χ0v) is 13.3. The molecule has 1 aliphatic rings. The first-order valence-electron chi connectivity index (χ1n) is 6.63. The predicted molar refractivity (Wildman–Crippen MR) is 83.7 cm³/mol. The largest absolute Gasteiger partial charge is 0.454 e. The van der Waals surface area contributed by atoms with Crippen LogP contribution in [-0.2, 0) is 20.9 Å². The van der Waals surface area contributed by atoms with E-state index in [1.807, 2.05) is 0 Å². The van der Waals surface area contributed by atoms with Gasteiger partial charge in [-0.1, -0.05) is 35.5 Å². The van der Waals surface area contributed by atoms with Crippen molar-refractivity contribution in [3.05, 3.63) is 34.9 Å². The first kappa shape index (κ1) is 16.6. The fraction of sp³-hybridized carbons (Fsp3) is 0.357. The van der Waals surface area contributed by atoms with E-state index in [9.17, 15) is 14.4 Å². The third-order valence-electron chi connectivity index (χ3n) is 2.93. The minimum absolute atomic E-state index is 0.115. The van der Waals surface area contributed by atoms with Crippen molar-refractivity contribution in [1.82, 2.24) is 10.2 Å². The second-order valence-electron chi connectivity index (χ2n) is 4.60. The normalized spacial score (nSPS) is 14.0. The summed E-state index contributed by atoms with van der Waals surface area (Å²) in [6.07, 6.45) is 0. The van der Waals surface area contributed by atoms with Crippen LogP contribution in [0.15, 0.2) is 24.3 Å². The van der Waals surface area contributed by atoms with Crippen LogP contribution < -0.4 is 5.32 Å². The highest BCUT2D eigenvalue weighted by molar-refractivity contribution is 8.13. The van der Waals surface area contributed by atoms with E-state index in [0.717, 1.165) is 5.56 Å². The number of hydrogen-bond donors (Lipinski definition) is 1. The van der Waals surface area contributed by atoms with Crippen molar-refractivity contribution < 1.29 is 19.1 Å². The molecule has 2 rings (SSSR count). The second-order valence-corrected chi connectivity index (χ2v) is 6.08. The van der Waals surface area contributed by atoms with Crippen LogP contribution in [0.2, 0.25) is 5.02 Å². The number of nitrogens with zero attached hydrogens (tertiary/aromatic N) is 1. The summed E-state index contributed by atoms with van der Waals surface area (Å²) in [5.74, 6) is -0.309. The highest BCUT2D eigenvalue weighted by Crippen LogP contribution is 2.16. The van der Waals surface area contributed by atoms with Gasteiger partial charge in [0.1, 0.15) is 6.54 Å². The molecule has 1 heterocycles. The van der Waals surface area contributed by atoms with E-state index in [-0.39, 0.29) is 18.4 Å². The molecule has 1 aromatic rings. The Morgan fingerprint density at radius 1 is 1.32 bits per heavy atom. The quantitative estimate of drug-likeness (QED) is 0.796. The molecule has 0 radical (unpaired) electrons. The molecule has 22 heavy (non-hydrogen) atoms. The Bertz CT molecular complexity index is 564. The minimum atomic E-state index is -0.586. The van der Waals surface area contributed by atoms with Crippen LogP contribution in [0.3, 0.4) is 0 Å². The van der Waals surface area contributed by atoms with E-state index >= 15 is 0 Å². The fourth-order valence-corrected chi connectivity index (χ4v) is 2.72. The number of carbonyl (C=O) groups excluding carboxylic acids is 3. The Balaban J connectivity index is 1.65. The zero-order chi connectivity index (χ0) is 15.9. The van der Waals surface area contributed by atoms with Gasteiger partial charge >= 0.3 is 5.97 Å². The Kier molecular flexibility index (Phi) is 6.09. The van der Waals surface area contributed by atoms with Crippen LogP contribution in [0.4, 0.5) is 4.79 Å². The number of rotatable bonds is 6. The molecule has 1 N–H and O–H groups in total. The van der Waals surface area contributed by atoms with Gasteiger partial charge in [0, 0.05) is 23.9 Å². The fourth-order valence-electron chi connectivity index (χ4n) is 1.77. The molecule has 8 heteroatoms. The van der Waals surface area contributed by atoms with Crippen LogP contribution in [-0.4, -0.2) is 47.5 Å².